The molecule has 3 atom stereocenters. The van der Waals surface area contributed by atoms with Crippen LogP contribution in [0.25, 0.3) is 0 Å². The number of likely N-dealkylation sites (tertiary alicyclic amines) is 3. The highest BCUT2D eigenvalue weighted by Crippen LogP contribution is 2.48. The predicted molar refractivity (Wildman–Crippen MR) is 429 cm³/mol. The Labute approximate surface area is 707 Å². The van der Waals surface area contributed by atoms with Gasteiger partial charge in [-0.3, -0.25) is 28.8 Å². The summed E-state index contributed by atoms with van der Waals surface area (Å²) in [6.07, 6.45) is -13.3. The third kappa shape index (κ3) is 21.4. The van der Waals surface area contributed by atoms with Crippen LogP contribution >= 0.6 is 34.8 Å². The van der Waals surface area contributed by atoms with Gasteiger partial charge in [0, 0.05) is 161 Å². The molecule has 6 aromatic carbocycles. The molecule has 6 aromatic rings. The van der Waals surface area contributed by atoms with Crippen molar-refractivity contribution in [1.82, 2.24) is 29.4 Å². The lowest BCUT2D eigenvalue weighted by Gasteiger charge is -2.45. The number of alkyl halides is 12. The van der Waals surface area contributed by atoms with Crippen LogP contribution in [0, 0.1) is 41.3 Å². The Hall–Kier alpha value is -9.02. The van der Waals surface area contributed by atoms with Gasteiger partial charge < -0.3 is 68.9 Å². The molecule has 6 saturated heterocycles. The molecule has 0 spiro atoms. The van der Waals surface area contributed by atoms with E-state index >= 15 is 0 Å². The Morgan fingerprint density at radius 1 is 0.405 bits per heavy atom. The largest absolute Gasteiger partial charge is 0.573 e. The number of rotatable bonds is 21. The molecule has 0 radical (unpaired) electrons. The molecule has 6 amide bonds. The van der Waals surface area contributed by atoms with Crippen LogP contribution in [0.1, 0.15) is 118 Å². The number of hydrogen-bond acceptors (Lipinski definition) is 14. The molecule has 121 heavy (non-hydrogen) atoms. The maximum Gasteiger partial charge on any atom is 0.573 e. The SMILES string of the molecule is CCc1cccc([C@@](O)(C(=O)N2CC(CC3CCN(c4ccc(C(=O)N(C)C)c(Cl)c4)CC3)C2)C(F)(F)F)c1.CN(C)C(=O)c1ccc(N2CCC(CC3CN(C(=O)[C@](O)(c4cccc(OC(F)(F)F)c4)C(F)(F)F)C3)CC2)cc1Cl.COc1cc(F)cc([C@@](O)(C(=O)N2CC(CC3CCN(c4ccc(C(=O)N(C)C)c(Cl)c4)CC3)C2)C(F)(F)F)c1. The molecule has 3 N–H and O–H groups in total. The minimum absolute atomic E-state index is 0.00537. The molecule has 0 bridgehead atoms. The maximum absolute atomic E-state index is 14.0. The van der Waals surface area contributed by atoms with Crippen LogP contribution in [0.5, 0.6) is 11.5 Å². The predicted octanol–water partition coefficient (Wildman–Crippen LogP) is 15.3. The summed E-state index contributed by atoms with van der Waals surface area (Å²) < 4.78 is 186. The number of carbonyl (C=O) groups excluding carboxylic acids is 6. The van der Waals surface area contributed by atoms with Crippen molar-refractivity contribution in [2.24, 2.45) is 35.5 Å². The van der Waals surface area contributed by atoms with Crippen molar-refractivity contribution in [3.05, 3.63) is 181 Å². The van der Waals surface area contributed by atoms with Crippen molar-refractivity contribution < 1.29 is 111 Å². The molecule has 12 rings (SSSR count). The lowest BCUT2D eigenvalue weighted by atomic mass is 9.82. The van der Waals surface area contributed by atoms with E-state index in [1.54, 1.807) is 85.6 Å². The maximum atomic E-state index is 14.0. The minimum atomic E-state index is -5.49. The lowest BCUT2D eigenvalue weighted by molar-refractivity contribution is -0.275. The number of piperidine rings is 3. The third-order valence-corrected chi connectivity index (χ3v) is 24.3. The van der Waals surface area contributed by atoms with Gasteiger partial charge in [0.2, 0.25) is 0 Å². The van der Waals surface area contributed by atoms with Gasteiger partial charge >= 0.3 is 24.9 Å². The van der Waals surface area contributed by atoms with E-state index < -0.39 is 87.7 Å². The first-order valence-electron chi connectivity index (χ1n) is 39.4. The van der Waals surface area contributed by atoms with Gasteiger partial charge in [-0.2, -0.15) is 39.5 Å². The number of carbonyl (C=O) groups is 6. The fourth-order valence-electron chi connectivity index (χ4n) is 16.4. The summed E-state index contributed by atoms with van der Waals surface area (Å²) in [4.78, 5) is 89.4. The molecule has 36 heteroatoms. The van der Waals surface area contributed by atoms with E-state index in [4.69, 9.17) is 39.5 Å². The summed E-state index contributed by atoms with van der Waals surface area (Å²) >= 11 is 19.1. The quantitative estimate of drug-likeness (QED) is 0.0573. The van der Waals surface area contributed by atoms with Gasteiger partial charge in [0.1, 0.15) is 17.3 Å². The molecule has 6 heterocycles. The van der Waals surface area contributed by atoms with Crippen molar-refractivity contribution in [3.63, 3.8) is 0 Å². The summed E-state index contributed by atoms with van der Waals surface area (Å²) in [5.74, 6) is -6.23. The van der Waals surface area contributed by atoms with Crippen LogP contribution in [0.4, 0.5) is 74.1 Å². The van der Waals surface area contributed by atoms with Crippen LogP contribution in [0.2, 0.25) is 15.1 Å². The van der Waals surface area contributed by atoms with Crippen LogP contribution in [0.3, 0.4) is 0 Å². The molecule has 660 valence electrons. The number of aliphatic hydroxyl groups is 3. The van der Waals surface area contributed by atoms with Gasteiger partial charge in [0.25, 0.3) is 52.2 Å². The van der Waals surface area contributed by atoms with Crippen LogP contribution in [0.15, 0.2) is 121 Å². The topological polar surface area (TPSA) is 211 Å². The summed E-state index contributed by atoms with van der Waals surface area (Å²) in [6.45, 7) is 6.92. The number of anilines is 3. The number of benzene rings is 6. The smallest absolute Gasteiger partial charge is 0.497 e. The highest BCUT2D eigenvalue weighted by molar-refractivity contribution is 6.35. The lowest BCUT2D eigenvalue weighted by Crippen LogP contribution is -2.61. The van der Waals surface area contributed by atoms with E-state index in [0.717, 1.165) is 153 Å². The van der Waals surface area contributed by atoms with Crippen LogP contribution in [-0.4, -0.2) is 233 Å². The van der Waals surface area contributed by atoms with E-state index in [2.05, 4.69) is 19.4 Å². The van der Waals surface area contributed by atoms with Gasteiger partial charge in [-0.05, 0) is 184 Å². The van der Waals surface area contributed by atoms with Crippen molar-refractivity contribution in [2.75, 3.05) is 143 Å². The molecular formula is C85H97Cl3F13N9O11. The zero-order valence-corrected chi connectivity index (χ0v) is 70.0. The first kappa shape index (κ1) is 94.2. The second-order valence-corrected chi connectivity index (χ2v) is 33.7. The van der Waals surface area contributed by atoms with Gasteiger partial charge in [0.05, 0.1) is 38.9 Å². The molecule has 0 aromatic heterocycles. The van der Waals surface area contributed by atoms with E-state index in [-0.39, 0.29) is 86.4 Å². The van der Waals surface area contributed by atoms with Crippen molar-refractivity contribution in [2.45, 2.75) is 113 Å². The Morgan fingerprint density at radius 3 is 1.00 bits per heavy atom. The highest BCUT2D eigenvalue weighted by Gasteiger charge is 2.66. The molecule has 0 unspecified atom stereocenters. The van der Waals surface area contributed by atoms with Crippen molar-refractivity contribution in [1.29, 1.82) is 0 Å². The van der Waals surface area contributed by atoms with E-state index in [1.807, 2.05) is 24.3 Å². The number of aryl methyl sites for hydroxylation is 1. The van der Waals surface area contributed by atoms with E-state index in [0.29, 0.717) is 87.2 Å². The Kier molecular flexibility index (Phi) is 29.6. The molecule has 20 nitrogen and oxygen atoms in total. The van der Waals surface area contributed by atoms with Gasteiger partial charge in [-0.25, -0.2) is 4.39 Å². The second kappa shape index (κ2) is 38.0. The third-order valence-electron chi connectivity index (χ3n) is 23.4. The summed E-state index contributed by atoms with van der Waals surface area (Å²) in [5.41, 5.74) is -9.21. The van der Waals surface area contributed by atoms with Gasteiger partial charge in [-0.15, -0.1) is 13.2 Å². The molecule has 6 aliphatic rings. The average Bonchev–Trinajstić information content (AvgIpc) is 0.752. The summed E-state index contributed by atoms with van der Waals surface area (Å²) in [6, 6.07) is 26.5. The highest BCUT2D eigenvalue weighted by atomic mass is 35.5. The first-order chi connectivity index (χ1) is 56.6. The second-order valence-electron chi connectivity index (χ2n) is 32.5. The van der Waals surface area contributed by atoms with E-state index in [1.165, 1.54) is 26.8 Å². The molecule has 0 aliphatic carbocycles. The number of hydrogen-bond donors (Lipinski definition) is 3. The van der Waals surface area contributed by atoms with Crippen molar-refractivity contribution >= 4 is 87.3 Å². The zero-order valence-electron chi connectivity index (χ0n) is 67.7. The standard InChI is InChI=1S/C29H35ClF3N3O3.C28H30ClF6N3O4.C28H32ClF4N3O4/c1-4-19-6-5-7-22(15-19)28(39,29(31,32)33)27(38)36-17-21(18-36)14-20-10-12-35(13-11-20)23-8-9-24(25(30)16-23)26(37)34(2)3;1-36(2)24(39)22-7-6-20(14-23(22)29)37-10-8-17(9-11-37)12-18-15-38(16-18)25(40)26(41,27(30,31)32)19-4-3-5-21(13-19)42-28(33,34)35;1-34(2)25(37)23-5-4-21(14-24(23)29)35-8-6-17(7-9-35)10-18-15-36(16-18)26(38)27(39,28(31,32)33)19-11-20(30)13-22(12-19)40-3/h5-9,15-16,20-21,39H,4,10-14,17-18H2,1-3H3;3-7,13-14,17-18,41H,8-12,15-16H2,1-2H3;4-5,11-14,17-18,39H,6-10,15-16H2,1-3H3/t28-;26-;27-/m111/s1. The average molecular weight is 1770 g/mol. The molecule has 6 aliphatic heterocycles. The Balaban J connectivity index is 0.000000191. The van der Waals surface area contributed by atoms with Gasteiger partial charge in [0.15, 0.2) is 0 Å². The minimum Gasteiger partial charge on any atom is -0.497 e. The first-order valence-corrected chi connectivity index (χ1v) is 40.6. The normalized spacial score (nSPS) is 18.3. The Morgan fingerprint density at radius 2 is 0.711 bits per heavy atom. The monoisotopic (exact) mass is 1770 g/mol. The summed E-state index contributed by atoms with van der Waals surface area (Å²) in [7, 11) is 11.1. The Bertz CT molecular complexity index is 4690. The van der Waals surface area contributed by atoms with E-state index in [9.17, 15) is 101 Å². The number of amides is 6. The molecular weight excluding hydrogens is 1680 g/mol. The molecule has 0 saturated carbocycles. The number of methoxy groups -OCH3 is 1. The fourth-order valence-corrected chi connectivity index (χ4v) is 17.2. The van der Waals surface area contributed by atoms with Gasteiger partial charge in [-0.1, -0.05) is 78.1 Å². The van der Waals surface area contributed by atoms with Crippen LogP contribution < -0.4 is 24.2 Å². The van der Waals surface area contributed by atoms with Crippen molar-refractivity contribution in [3.8, 4) is 11.5 Å². The number of nitrogens with zero attached hydrogens (tertiary/aromatic N) is 9. The van der Waals surface area contributed by atoms with Crippen LogP contribution in [-0.2, 0) is 37.6 Å². The number of ether oxygens (including phenoxy) is 2. The fraction of sp³-hybridized carbons (Fsp3) is 0.506. The molecule has 6 fully saturated rings. The number of halogens is 16. The summed E-state index contributed by atoms with van der Waals surface area (Å²) in [5, 5.41) is 33.1. The zero-order chi connectivity index (χ0) is 89.0.